The molecule has 0 saturated heterocycles. The molecular formula is C11H5F7N2O. The van der Waals surface area contributed by atoms with Crippen LogP contribution in [0, 0.1) is 11.3 Å². The van der Waals surface area contributed by atoms with Crippen molar-refractivity contribution >= 4 is 11.6 Å². The summed E-state index contributed by atoms with van der Waals surface area (Å²) < 4.78 is 86.8. The third kappa shape index (κ3) is 3.07. The summed E-state index contributed by atoms with van der Waals surface area (Å²) in [4.78, 5) is 11.0. The zero-order valence-corrected chi connectivity index (χ0v) is 9.81. The number of nitriles is 1. The summed E-state index contributed by atoms with van der Waals surface area (Å²) in [5, 5.41) is 9.69. The number of hydrogen-bond acceptors (Lipinski definition) is 2. The van der Waals surface area contributed by atoms with E-state index in [1.54, 1.807) is 6.07 Å². The second-order valence-electron chi connectivity index (χ2n) is 3.79. The first-order chi connectivity index (χ1) is 9.43. The van der Waals surface area contributed by atoms with Gasteiger partial charge in [-0.1, -0.05) is 0 Å². The maximum Gasteiger partial charge on any atom is 0.460 e. The van der Waals surface area contributed by atoms with Crippen molar-refractivity contribution in [1.82, 2.24) is 0 Å². The molecule has 0 spiro atoms. The molecule has 0 bridgehead atoms. The van der Waals surface area contributed by atoms with Gasteiger partial charge in [0.25, 0.3) is 0 Å². The molecule has 0 saturated carbocycles. The van der Waals surface area contributed by atoms with Gasteiger partial charge in [-0.15, -0.1) is 0 Å². The molecule has 0 aromatic heterocycles. The number of nitrogens with one attached hydrogen (secondary N) is 1. The van der Waals surface area contributed by atoms with E-state index in [0.29, 0.717) is 0 Å². The quantitative estimate of drug-likeness (QED) is 0.870. The molecule has 0 unspecified atom stereocenters. The largest absolute Gasteiger partial charge is 0.460 e. The van der Waals surface area contributed by atoms with Crippen molar-refractivity contribution in [2.45, 2.75) is 18.0 Å². The summed E-state index contributed by atoms with van der Waals surface area (Å²) in [5.74, 6) is -15.3. The highest BCUT2D eigenvalue weighted by Gasteiger charge is 2.76. The summed E-state index contributed by atoms with van der Waals surface area (Å²) in [5.41, 5.74) is -0.392. The molecule has 3 nitrogen and oxygen atoms in total. The highest BCUT2D eigenvalue weighted by Crippen LogP contribution is 2.46. The fourth-order valence-electron chi connectivity index (χ4n) is 1.16. The fraction of sp³-hybridized carbons (Fsp3) is 0.273. The molecule has 1 aromatic rings. The van der Waals surface area contributed by atoms with Crippen LogP contribution in [0.3, 0.4) is 0 Å². The van der Waals surface area contributed by atoms with E-state index in [4.69, 9.17) is 5.26 Å². The van der Waals surface area contributed by atoms with Gasteiger partial charge >= 0.3 is 23.9 Å². The van der Waals surface area contributed by atoms with Gasteiger partial charge in [-0.05, 0) is 24.3 Å². The van der Waals surface area contributed by atoms with Crippen molar-refractivity contribution in [2.24, 2.45) is 0 Å². The van der Waals surface area contributed by atoms with Gasteiger partial charge in [-0.25, -0.2) is 0 Å². The van der Waals surface area contributed by atoms with E-state index in [1.165, 1.54) is 5.32 Å². The van der Waals surface area contributed by atoms with E-state index in [9.17, 15) is 35.5 Å². The Kier molecular flexibility index (Phi) is 4.17. The van der Waals surface area contributed by atoms with Crippen LogP contribution in [0.5, 0.6) is 0 Å². The fourth-order valence-corrected chi connectivity index (χ4v) is 1.16. The van der Waals surface area contributed by atoms with E-state index in [-0.39, 0.29) is 5.56 Å². The Morgan fingerprint density at radius 1 is 1.00 bits per heavy atom. The van der Waals surface area contributed by atoms with E-state index in [1.807, 2.05) is 0 Å². The third-order valence-corrected chi connectivity index (χ3v) is 2.31. The standard InChI is InChI=1S/C11H5F7N2O/c12-9(13,10(14,15)11(16,17)18)8(21)20-7-3-1-6(5-19)2-4-7/h1-4H,(H,20,21). The molecule has 114 valence electrons. The van der Waals surface area contributed by atoms with Gasteiger partial charge in [-0.2, -0.15) is 36.0 Å². The Hall–Kier alpha value is -2.31. The van der Waals surface area contributed by atoms with Crippen LogP contribution >= 0.6 is 0 Å². The first kappa shape index (κ1) is 16.7. The molecule has 0 radical (unpaired) electrons. The Morgan fingerprint density at radius 2 is 1.48 bits per heavy atom. The molecule has 0 aliphatic rings. The van der Waals surface area contributed by atoms with E-state index >= 15 is 0 Å². The molecule has 1 aromatic carbocycles. The predicted octanol–water partition coefficient (Wildman–Crippen LogP) is 3.33. The van der Waals surface area contributed by atoms with Crippen molar-refractivity contribution in [3.05, 3.63) is 29.8 Å². The van der Waals surface area contributed by atoms with Gasteiger partial charge in [0.15, 0.2) is 0 Å². The second kappa shape index (κ2) is 5.23. The summed E-state index contributed by atoms with van der Waals surface area (Å²) >= 11 is 0. The van der Waals surface area contributed by atoms with Gasteiger partial charge in [-0.3, -0.25) is 4.79 Å². The van der Waals surface area contributed by atoms with Crippen LogP contribution in [0.2, 0.25) is 0 Å². The molecule has 0 aliphatic heterocycles. The number of halogens is 7. The second-order valence-corrected chi connectivity index (χ2v) is 3.79. The average Bonchev–Trinajstić information content (AvgIpc) is 2.38. The Morgan fingerprint density at radius 3 is 1.86 bits per heavy atom. The van der Waals surface area contributed by atoms with Crippen molar-refractivity contribution < 1.29 is 35.5 Å². The van der Waals surface area contributed by atoms with Crippen molar-refractivity contribution in [1.29, 1.82) is 5.26 Å². The monoisotopic (exact) mass is 314 g/mol. The SMILES string of the molecule is N#Cc1ccc(NC(=O)C(F)(F)C(F)(F)C(F)(F)F)cc1. The van der Waals surface area contributed by atoms with Crippen LogP contribution in [0.15, 0.2) is 24.3 Å². The minimum atomic E-state index is -6.58. The average molecular weight is 314 g/mol. The minimum Gasteiger partial charge on any atom is -0.321 e. The first-order valence-electron chi connectivity index (χ1n) is 5.07. The minimum absolute atomic E-state index is 0.0698. The number of amides is 1. The van der Waals surface area contributed by atoms with Crippen LogP contribution in [0.25, 0.3) is 0 Å². The number of rotatable bonds is 3. The van der Waals surface area contributed by atoms with Crippen molar-refractivity contribution in [3.8, 4) is 6.07 Å². The van der Waals surface area contributed by atoms with Crippen LogP contribution < -0.4 is 5.32 Å². The molecule has 1 amide bonds. The molecular weight excluding hydrogens is 309 g/mol. The lowest BCUT2D eigenvalue weighted by atomic mass is 10.1. The topological polar surface area (TPSA) is 52.9 Å². The number of carbonyl (C=O) groups excluding carboxylic acids is 1. The number of anilines is 1. The molecule has 1 rings (SSSR count). The van der Waals surface area contributed by atoms with Crippen LogP contribution in [-0.2, 0) is 4.79 Å². The zero-order valence-electron chi connectivity index (χ0n) is 9.81. The van der Waals surface area contributed by atoms with Gasteiger partial charge in [0.1, 0.15) is 0 Å². The number of alkyl halides is 7. The van der Waals surface area contributed by atoms with Crippen molar-refractivity contribution in [2.75, 3.05) is 5.32 Å². The van der Waals surface area contributed by atoms with Gasteiger partial charge in [0, 0.05) is 5.69 Å². The summed E-state index contributed by atoms with van der Waals surface area (Å²) in [6.07, 6.45) is -6.58. The highest BCUT2D eigenvalue weighted by atomic mass is 19.4. The number of carbonyl (C=O) groups is 1. The maximum atomic E-state index is 13.0. The predicted molar refractivity (Wildman–Crippen MR) is 55.7 cm³/mol. The van der Waals surface area contributed by atoms with Crippen LogP contribution in [0.1, 0.15) is 5.56 Å². The Balaban J connectivity index is 2.99. The van der Waals surface area contributed by atoms with E-state index < -0.39 is 29.6 Å². The van der Waals surface area contributed by atoms with E-state index in [2.05, 4.69) is 0 Å². The first-order valence-corrected chi connectivity index (χ1v) is 5.07. The van der Waals surface area contributed by atoms with Crippen LogP contribution in [0.4, 0.5) is 36.4 Å². The highest BCUT2D eigenvalue weighted by molar-refractivity contribution is 5.97. The normalized spacial score (nSPS) is 12.7. The third-order valence-electron chi connectivity index (χ3n) is 2.31. The Labute approximate surface area is 113 Å². The van der Waals surface area contributed by atoms with E-state index in [0.717, 1.165) is 24.3 Å². The lowest BCUT2D eigenvalue weighted by Crippen LogP contribution is -2.57. The van der Waals surface area contributed by atoms with Gasteiger partial charge in [0.05, 0.1) is 11.6 Å². The number of hydrogen-bond donors (Lipinski definition) is 1. The smallest absolute Gasteiger partial charge is 0.321 e. The molecule has 21 heavy (non-hydrogen) atoms. The Bertz CT molecular complexity index is 572. The van der Waals surface area contributed by atoms with Crippen molar-refractivity contribution in [3.63, 3.8) is 0 Å². The lowest BCUT2D eigenvalue weighted by molar-refractivity contribution is -0.343. The number of nitrogens with zero attached hydrogens (tertiary/aromatic N) is 1. The molecule has 1 N–H and O–H groups in total. The lowest BCUT2D eigenvalue weighted by Gasteiger charge is -2.27. The summed E-state index contributed by atoms with van der Waals surface area (Å²) in [7, 11) is 0. The molecule has 0 fully saturated rings. The molecule has 0 atom stereocenters. The van der Waals surface area contributed by atoms with Gasteiger partial charge in [0.2, 0.25) is 0 Å². The molecule has 10 heteroatoms. The molecule has 0 aliphatic carbocycles. The number of benzene rings is 1. The molecule has 0 heterocycles. The van der Waals surface area contributed by atoms with Crippen LogP contribution in [-0.4, -0.2) is 23.9 Å². The maximum absolute atomic E-state index is 13.0. The zero-order chi connectivity index (χ0) is 16.5. The summed E-state index contributed by atoms with van der Waals surface area (Å²) in [6.45, 7) is 0. The van der Waals surface area contributed by atoms with Gasteiger partial charge < -0.3 is 5.32 Å². The summed E-state index contributed by atoms with van der Waals surface area (Å²) in [6, 6.07) is 5.56.